The van der Waals surface area contributed by atoms with Gasteiger partial charge in [0.05, 0.1) is 0 Å². The summed E-state index contributed by atoms with van der Waals surface area (Å²) in [5.41, 5.74) is -0.0203. The summed E-state index contributed by atoms with van der Waals surface area (Å²) in [6.45, 7) is 0. The zero-order valence-electron chi connectivity index (χ0n) is 10.5. The summed E-state index contributed by atoms with van der Waals surface area (Å²) in [5.74, 6) is 0.989. The predicted molar refractivity (Wildman–Crippen MR) is 67.4 cm³/mol. The van der Waals surface area contributed by atoms with E-state index in [1.807, 2.05) is 0 Å². The molecule has 106 valence electrons. The number of benzene rings is 2. The number of nitrogens with zero attached hydrogens (tertiary/aromatic N) is 2. The van der Waals surface area contributed by atoms with Crippen molar-refractivity contribution >= 4 is 11.4 Å². The minimum atomic E-state index is -1.67. The molecular formula is C12H8N2O6Zr. The van der Waals surface area contributed by atoms with Crippen molar-refractivity contribution in [2.45, 2.75) is 0 Å². The van der Waals surface area contributed by atoms with Crippen LogP contribution in [0.25, 0.3) is 0 Å². The van der Waals surface area contributed by atoms with Crippen LogP contribution in [0, 0.1) is 20.2 Å². The molecule has 0 aliphatic carbocycles. The van der Waals surface area contributed by atoms with Crippen LogP contribution in [0.2, 0.25) is 0 Å². The van der Waals surface area contributed by atoms with Gasteiger partial charge in [-0.3, -0.25) is 0 Å². The molecule has 2 aromatic carbocycles. The Morgan fingerprint density at radius 3 is 1.33 bits per heavy atom. The van der Waals surface area contributed by atoms with Gasteiger partial charge in [-0.15, -0.1) is 0 Å². The maximum absolute atomic E-state index is 10.5. The summed E-state index contributed by atoms with van der Waals surface area (Å²) in [6.07, 6.45) is 0. The normalized spacial score (nSPS) is 9.71. The summed E-state index contributed by atoms with van der Waals surface area (Å²) < 4.78 is 10.8. The van der Waals surface area contributed by atoms with Crippen LogP contribution in [-0.4, -0.2) is 9.85 Å². The van der Waals surface area contributed by atoms with E-state index in [9.17, 15) is 20.2 Å². The van der Waals surface area contributed by atoms with E-state index in [4.69, 9.17) is 5.63 Å². The molecule has 0 aliphatic heterocycles. The van der Waals surface area contributed by atoms with Crippen molar-refractivity contribution in [2.75, 3.05) is 0 Å². The molecule has 0 saturated heterocycles. The van der Waals surface area contributed by atoms with Gasteiger partial charge < -0.3 is 0 Å². The van der Waals surface area contributed by atoms with Gasteiger partial charge in [-0.1, -0.05) is 0 Å². The molecule has 0 aromatic heterocycles. The van der Waals surface area contributed by atoms with Gasteiger partial charge in [-0.2, -0.15) is 0 Å². The Morgan fingerprint density at radius 1 is 0.714 bits per heavy atom. The van der Waals surface area contributed by atoms with Crippen molar-refractivity contribution in [1.29, 1.82) is 0 Å². The van der Waals surface area contributed by atoms with Crippen LogP contribution < -0.4 is 5.63 Å². The molecule has 2 aromatic rings. The van der Waals surface area contributed by atoms with Crippen molar-refractivity contribution < 1.29 is 39.6 Å². The Morgan fingerprint density at radius 2 is 1.05 bits per heavy atom. The van der Waals surface area contributed by atoms with Crippen molar-refractivity contribution in [3.8, 4) is 11.5 Å². The fourth-order valence-electron chi connectivity index (χ4n) is 1.39. The molecule has 0 atom stereocenters. The molecule has 0 aliphatic rings. The van der Waals surface area contributed by atoms with E-state index in [2.05, 4.69) is 0 Å². The molecule has 2 rings (SSSR count). The van der Waals surface area contributed by atoms with Crippen LogP contribution in [0.3, 0.4) is 0 Å². The first-order valence-electron chi connectivity index (χ1n) is 5.64. The van der Waals surface area contributed by atoms with E-state index in [0.717, 1.165) is 0 Å². The molecule has 21 heavy (non-hydrogen) atoms. The number of nitro benzene ring substituents is 2. The Balaban J connectivity index is 1.86. The summed E-state index contributed by atoms with van der Waals surface area (Å²) in [4.78, 5) is 20.0. The van der Waals surface area contributed by atoms with E-state index >= 15 is 0 Å². The van der Waals surface area contributed by atoms with E-state index in [0.29, 0.717) is 11.5 Å². The number of rotatable bonds is 6. The second-order valence-electron chi connectivity index (χ2n) is 3.79. The summed E-state index contributed by atoms with van der Waals surface area (Å²) in [6, 6.07) is 11.4. The third-order valence-corrected chi connectivity index (χ3v) is 3.98. The Kier molecular flexibility index (Phi) is 5.00. The zero-order valence-corrected chi connectivity index (χ0v) is 12.9. The first-order valence-corrected chi connectivity index (χ1v) is 7.64. The first kappa shape index (κ1) is 15.1. The van der Waals surface area contributed by atoms with Crippen LogP contribution >= 0.6 is 0 Å². The molecule has 9 heteroatoms. The monoisotopic (exact) mass is 366 g/mol. The van der Waals surface area contributed by atoms with Gasteiger partial charge in [0.1, 0.15) is 0 Å². The van der Waals surface area contributed by atoms with E-state index in [1.54, 1.807) is 0 Å². The summed E-state index contributed by atoms with van der Waals surface area (Å²) in [7, 11) is 0. The van der Waals surface area contributed by atoms with Crippen molar-refractivity contribution in [1.82, 2.24) is 0 Å². The van der Waals surface area contributed by atoms with Gasteiger partial charge >= 0.3 is 131 Å². The SMILES string of the molecule is O=[N+]([O-])c1ccc([O][Zr][O]c2ccc([N+](=O)[O-])cc2)cc1. The molecule has 0 amide bonds. The number of non-ortho nitro benzene ring substituents is 2. The molecule has 0 heterocycles. The average molecular weight is 367 g/mol. The Labute approximate surface area is 131 Å². The molecule has 0 saturated carbocycles. The fourth-order valence-corrected chi connectivity index (χ4v) is 2.63. The predicted octanol–water partition coefficient (Wildman–Crippen LogP) is 2.87. The molecular weight excluding hydrogens is 359 g/mol. The third kappa shape index (κ3) is 4.35. The van der Waals surface area contributed by atoms with Gasteiger partial charge in [0.2, 0.25) is 0 Å². The Hall–Kier alpha value is -2.28. The Bertz CT molecular complexity index is 586. The van der Waals surface area contributed by atoms with Crippen LogP contribution in [0.5, 0.6) is 11.5 Å². The summed E-state index contributed by atoms with van der Waals surface area (Å²) >= 11 is -1.67. The van der Waals surface area contributed by atoms with Gasteiger partial charge in [-0.05, 0) is 0 Å². The van der Waals surface area contributed by atoms with Crippen LogP contribution in [-0.2, 0) is 24.1 Å². The molecule has 0 radical (unpaired) electrons. The molecule has 0 spiro atoms. The second kappa shape index (κ2) is 6.94. The number of hydrogen-bond acceptors (Lipinski definition) is 6. The van der Waals surface area contributed by atoms with Crippen LogP contribution in [0.4, 0.5) is 11.4 Å². The second-order valence-corrected chi connectivity index (χ2v) is 5.20. The topological polar surface area (TPSA) is 105 Å². The standard InChI is InChI=1S/2C6H5NO3.Zr/c2*8-6-3-1-5(2-4-6)7(9)10;/h2*1-4,8H;/q;;+2/p-2. The fraction of sp³-hybridized carbons (Fsp3) is 0. The summed E-state index contributed by atoms with van der Waals surface area (Å²) in [5, 5.41) is 21.0. The van der Waals surface area contributed by atoms with Crippen molar-refractivity contribution in [3.05, 3.63) is 68.8 Å². The molecule has 8 nitrogen and oxygen atoms in total. The average Bonchev–Trinajstić information content (AvgIpc) is 2.48. The zero-order chi connectivity index (χ0) is 15.2. The van der Waals surface area contributed by atoms with Gasteiger partial charge in [0.15, 0.2) is 0 Å². The van der Waals surface area contributed by atoms with Gasteiger partial charge in [0, 0.05) is 0 Å². The van der Waals surface area contributed by atoms with E-state index in [1.165, 1.54) is 48.5 Å². The maximum atomic E-state index is 10.5. The first-order chi connectivity index (χ1) is 10.1. The molecule has 0 N–H and O–H groups in total. The van der Waals surface area contributed by atoms with Gasteiger partial charge in [0.25, 0.3) is 0 Å². The van der Waals surface area contributed by atoms with E-state index < -0.39 is 34.0 Å². The third-order valence-electron chi connectivity index (χ3n) is 2.41. The van der Waals surface area contributed by atoms with Crippen LogP contribution in [0.1, 0.15) is 0 Å². The van der Waals surface area contributed by atoms with E-state index in [-0.39, 0.29) is 11.4 Å². The quantitative estimate of drug-likeness (QED) is 0.574. The van der Waals surface area contributed by atoms with Gasteiger partial charge in [-0.25, -0.2) is 0 Å². The minimum absolute atomic E-state index is 0.0102. The molecule has 0 bridgehead atoms. The molecule has 0 fully saturated rings. The number of hydrogen-bond donors (Lipinski definition) is 0. The van der Waals surface area contributed by atoms with Crippen molar-refractivity contribution in [2.24, 2.45) is 0 Å². The number of nitro groups is 2. The molecule has 0 unspecified atom stereocenters. The van der Waals surface area contributed by atoms with Crippen LogP contribution in [0.15, 0.2) is 48.5 Å². The van der Waals surface area contributed by atoms with Crippen molar-refractivity contribution in [3.63, 3.8) is 0 Å².